The van der Waals surface area contributed by atoms with Crippen molar-refractivity contribution in [3.05, 3.63) is 75.4 Å². The average Bonchev–Trinajstić information content (AvgIpc) is 3.23. The van der Waals surface area contributed by atoms with E-state index in [0.29, 0.717) is 11.1 Å². The van der Waals surface area contributed by atoms with Crippen molar-refractivity contribution >= 4 is 17.3 Å². The van der Waals surface area contributed by atoms with Gasteiger partial charge >= 0.3 is 0 Å². The summed E-state index contributed by atoms with van der Waals surface area (Å²) in [5, 5.41) is 28.2. The highest BCUT2D eigenvalue weighted by molar-refractivity contribution is 6.01. The fraction of sp³-hybridized carbons (Fsp3) is 0.348. The number of para-hydroxylation sites is 1. The van der Waals surface area contributed by atoms with Crippen LogP contribution in [-0.4, -0.2) is 22.0 Å². The van der Waals surface area contributed by atoms with Gasteiger partial charge in [0, 0.05) is 29.7 Å². The molecule has 0 radical (unpaired) electrons. The lowest BCUT2D eigenvalue weighted by Crippen LogP contribution is -2.35. The summed E-state index contributed by atoms with van der Waals surface area (Å²) < 4.78 is 0. The number of rotatable bonds is 5. The maximum absolute atomic E-state index is 12.9. The van der Waals surface area contributed by atoms with Gasteiger partial charge in [-0.1, -0.05) is 31.2 Å². The molecule has 4 unspecified atom stereocenters. The number of allylic oxidation sites excluding steroid dienone is 2. The Bertz CT molecular complexity index is 1030. The summed E-state index contributed by atoms with van der Waals surface area (Å²) >= 11 is 0. The third-order valence-electron chi connectivity index (χ3n) is 6.19. The molecule has 2 aromatic carbocycles. The van der Waals surface area contributed by atoms with Crippen LogP contribution in [0.2, 0.25) is 0 Å². The average molecular weight is 407 g/mol. The minimum Gasteiger partial charge on any atom is -0.508 e. The van der Waals surface area contributed by atoms with Crippen molar-refractivity contribution in [1.82, 2.24) is 5.32 Å². The zero-order valence-corrected chi connectivity index (χ0v) is 17.0. The number of nitrogens with zero attached hydrogens (tertiary/aromatic N) is 1. The van der Waals surface area contributed by atoms with Crippen LogP contribution in [-0.2, 0) is 0 Å². The Balaban J connectivity index is 1.79. The smallest absolute Gasteiger partial charge is 0.270 e. The number of hydrogen-bond donors (Lipinski definition) is 3. The summed E-state index contributed by atoms with van der Waals surface area (Å²) in [6.07, 6.45) is 5.83. The number of amides is 1. The molecule has 4 atom stereocenters. The first-order chi connectivity index (χ1) is 14.4. The van der Waals surface area contributed by atoms with Crippen molar-refractivity contribution in [2.24, 2.45) is 5.92 Å². The molecule has 0 spiro atoms. The summed E-state index contributed by atoms with van der Waals surface area (Å²) in [5.41, 5.74) is 2.71. The van der Waals surface area contributed by atoms with Gasteiger partial charge in [0.25, 0.3) is 11.6 Å². The second kappa shape index (κ2) is 7.82. The highest BCUT2D eigenvalue weighted by Gasteiger charge is 2.40. The van der Waals surface area contributed by atoms with Gasteiger partial charge in [-0.05, 0) is 43.4 Å². The summed E-state index contributed by atoms with van der Waals surface area (Å²) in [4.78, 5) is 23.7. The first-order valence-corrected chi connectivity index (χ1v) is 10.2. The van der Waals surface area contributed by atoms with E-state index in [1.54, 1.807) is 6.07 Å². The van der Waals surface area contributed by atoms with Gasteiger partial charge in [-0.25, -0.2) is 0 Å². The van der Waals surface area contributed by atoms with Crippen LogP contribution in [0.5, 0.6) is 5.75 Å². The van der Waals surface area contributed by atoms with Gasteiger partial charge in [0.05, 0.1) is 22.2 Å². The molecule has 7 nitrogen and oxygen atoms in total. The van der Waals surface area contributed by atoms with E-state index in [1.165, 1.54) is 18.2 Å². The van der Waals surface area contributed by atoms with Crippen LogP contribution in [0.1, 0.15) is 60.1 Å². The fourth-order valence-corrected chi connectivity index (χ4v) is 4.43. The number of phenolic OH excluding ortho intramolecular Hbond substituents is 1. The monoisotopic (exact) mass is 407 g/mol. The largest absolute Gasteiger partial charge is 0.508 e. The number of benzene rings is 2. The van der Waals surface area contributed by atoms with Crippen LogP contribution in [0.15, 0.2) is 48.6 Å². The Morgan fingerprint density at radius 3 is 2.87 bits per heavy atom. The highest BCUT2D eigenvalue weighted by Crippen LogP contribution is 2.52. The number of nitro benzene ring substituents is 1. The quantitative estimate of drug-likeness (QED) is 0.380. The van der Waals surface area contributed by atoms with Gasteiger partial charge in [0.1, 0.15) is 5.75 Å². The van der Waals surface area contributed by atoms with Crippen LogP contribution < -0.4 is 10.6 Å². The summed E-state index contributed by atoms with van der Waals surface area (Å²) in [6.45, 7) is 3.97. The number of non-ortho nitro benzene ring substituents is 1. The second-order valence-electron chi connectivity index (χ2n) is 8.03. The zero-order chi connectivity index (χ0) is 21.4. The Morgan fingerprint density at radius 2 is 2.13 bits per heavy atom. The summed E-state index contributed by atoms with van der Waals surface area (Å²) in [6, 6.07) is 9.47. The van der Waals surface area contributed by atoms with E-state index in [4.69, 9.17) is 0 Å². The molecule has 4 rings (SSSR count). The number of anilines is 1. The third kappa shape index (κ3) is 3.40. The molecule has 0 saturated carbocycles. The van der Waals surface area contributed by atoms with E-state index in [1.807, 2.05) is 26.0 Å². The molecule has 3 N–H and O–H groups in total. The van der Waals surface area contributed by atoms with Gasteiger partial charge in [0.15, 0.2) is 0 Å². The molecular formula is C23H25N3O4. The molecule has 2 aromatic rings. The summed E-state index contributed by atoms with van der Waals surface area (Å²) in [7, 11) is 0. The lowest BCUT2D eigenvalue weighted by molar-refractivity contribution is -0.385. The fourth-order valence-electron chi connectivity index (χ4n) is 4.43. The maximum Gasteiger partial charge on any atom is 0.270 e. The molecule has 0 fully saturated rings. The van der Waals surface area contributed by atoms with E-state index in [2.05, 4.69) is 22.8 Å². The van der Waals surface area contributed by atoms with Crippen molar-refractivity contribution in [3.8, 4) is 5.75 Å². The number of nitrogens with one attached hydrogen (secondary N) is 2. The molecule has 30 heavy (non-hydrogen) atoms. The van der Waals surface area contributed by atoms with Crippen LogP contribution in [0.4, 0.5) is 11.4 Å². The number of aromatic hydroxyl groups is 1. The van der Waals surface area contributed by atoms with Gasteiger partial charge in [-0.2, -0.15) is 0 Å². The number of carbonyl (C=O) groups excluding carboxylic acids is 1. The molecule has 7 heteroatoms. The molecule has 0 saturated heterocycles. The minimum atomic E-state index is -0.463. The lowest BCUT2D eigenvalue weighted by Gasteiger charge is -2.38. The predicted octanol–water partition coefficient (Wildman–Crippen LogP) is 4.66. The van der Waals surface area contributed by atoms with Gasteiger partial charge < -0.3 is 15.7 Å². The lowest BCUT2D eigenvalue weighted by atomic mass is 9.76. The Hall–Kier alpha value is -3.35. The van der Waals surface area contributed by atoms with E-state index < -0.39 is 4.92 Å². The third-order valence-corrected chi connectivity index (χ3v) is 6.19. The molecule has 1 aliphatic heterocycles. The van der Waals surface area contributed by atoms with Crippen LogP contribution in [0.25, 0.3) is 0 Å². The van der Waals surface area contributed by atoms with Crippen LogP contribution in [0, 0.1) is 16.0 Å². The molecule has 0 bridgehead atoms. The molecule has 1 amide bonds. The Morgan fingerprint density at radius 1 is 1.33 bits per heavy atom. The van der Waals surface area contributed by atoms with Gasteiger partial charge in [0.2, 0.25) is 0 Å². The first kappa shape index (κ1) is 19.9. The molecule has 2 aliphatic rings. The van der Waals surface area contributed by atoms with E-state index in [9.17, 15) is 20.0 Å². The first-order valence-electron chi connectivity index (χ1n) is 10.2. The number of carbonyl (C=O) groups is 1. The standard InChI is InChI=1S/C23H25N3O4/c1-3-13(2)24-23(28)18-9-5-8-16-15-6-4-7-17(15)22(25-21(16)18)19-12-14(26(29)30)10-11-20(19)27/h4-6,8-13,15,17,22,25,27H,3,7H2,1-2H3,(H,24,28). The van der Waals surface area contributed by atoms with Crippen molar-refractivity contribution in [3.63, 3.8) is 0 Å². The number of nitro groups is 1. The van der Waals surface area contributed by atoms with E-state index in [0.717, 1.165) is 24.1 Å². The van der Waals surface area contributed by atoms with Crippen molar-refractivity contribution in [1.29, 1.82) is 0 Å². The van der Waals surface area contributed by atoms with Crippen LogP contribution >= 0.6 is 0 Å². The summed E-state index contributed by atoms with van der Waals surface area (Å²) in [5.74, 6) is 0.0180. The van der Waals surface area contributed by atoms with Gasteiger partial charge in [-0.15, -0.1) is 0 Å². The topological polar surface area (TPSA) is 104 Å². The van der Waals surface area contributed by atoms with E-state index >= 15 is 0 Å². The second-order valence-corrected chi connectivity index (χ2v) is 8.03. The normalized spacial score (nSPS) is 22.5. The molecule has 0 aromatic heterocycles. The predicted molar refractivity (Wildman–Crippen MR) is 115 cm³/mol. The highest BCUT2D eigenvalue weighted by atomic mass is 16.6. The minimum absolute atomic E-state index is 0.00809. The van der Waals surface area contributed by atoms with Crippen molar-refractivity contribution in [2.45, 2.75) is 44.7 Å². The zero-order valence-electron chi connectivity index (χ0n) is 17.0. The van der Waals surface area contributed by atoms with E-state index in [-0.39, 0.29) is 41.3 Å². The SMILES string of the molecule is CCC(C)NC(=O)c1cccc2c1NC(c1cc([N+](=O)[O-])ccc1O)C1CC=CC21. The Labute approximate surface area is 175 Å². The number of phenols is 1. The molecule has 1 aliphatic carbocycles. The number of fused-ring (bicyclic) bond motifs is 3. The van der Waals surface area contributed by atoms with Crippen molar-refractivity contribution < 1.29 is 14.8 Å². The molecular weight excluding hydrogens is 382 g/mol. The number of hydrogen-bond acceptors (Lipinski definition) is 5. The van der Waals surface area contributed by atoms with Gasteiger partial charge in [-0.3, -0.25) is 14.9 Å². The maximum atomic E-state index is 12.9. The molecule has 1 heterocycles. The Kier molecular flexibility index (Phi) is 5.20. The van der Waals surface area contributed by atoms with Crippen LogP contribution in [0.3, 0.4) is 0 Å². The molecule has 156 valence electrons. The van der Waals surface area contributed by atoms with Crippen molar-refractivity contribution in [2.75, 3.05) is 5.32 Å².